The van der Waals surface area contributed by atoms with Gasteiger partial charge in [-0.3, -0.25) is 9.59 Å². The van der Waals surface area contributed by atoms with Crippen molar-refractivity contribution in [3.8, 4) is 11.5 Å². The van der Waals surface area contributed by atoms with Crippen LogP contribution in [0.15, 0.2) is 70.2 Å². The number of benzene rings is 2. The summed E-state index contributed by atoms with van der Waals surface area (Å²) >= 11 is 1.38. The lowest BCUT2D eigenvalue weighted by atomic mass is 10.2. The Morgan fingerprint density at radius 2 is 1.67 bits per heavy atom. The molecule has 2 N–H and O–H groups in total. The van der Waals surface area contributed by atoms with E-state index in [1.54, 1.807) is 50.6 Å². The largest absolute Gasteiger partial charge is 0.497 e. The summed E-state index contributed by atoms with van der Waals surface area (Å²) in [5, 5.41) is 5.28. The van der Waals surface area contributed by atoms with Gasteiger partial charge >= 0.3 is 0 Å². The Bertz CT molecular complexity index is 998. The summed E-state index contributed by atoms with van der Waals surface area (Å²) in [5.74, 6) is 0.907. The lowest BCUT2D eigenvalue weighted by Gasteiger charge is -2.14. The van der Waals surface area contributed by atoms with Crippen LogP contribution < -0.4 is 20.1 Å². The molecule has 1 unspecified atom stereocenters. The molecule has 0 bridgehead atoms. The lowest BCUT2D eigenvalue weighted by molar-refractivity contribution is -0.115. The van der Waals surface area contributed by atoms with Gasteiger partial charge in [0.2, 0.25) is 5.91 Å². The van der Waals surface area contributed by atoms with E-state index < -0.39 is 0 Å². The van der Waals surface area contributed by atoms with Gasteiger partial charge in [0, 0.05) is 34.5 Å². The van der Waals surface area contributed by atoms with Crippen molar-refractivity contribution in [2.45, 2.75) is 17.1 Å². The van der Waals surface area contributed by atoms with Crippen LogP contribution in [0.1, 0.15) is 17.5 Å². The van der Waals surface area contributed by atoms with Crippen molar-refractivity contribution in [3.05, 3.63) is 66.6 Å². The van der Waals surface area contributed by atoms with Gasteiger partial charge in [0.05, 0.1) is 25.7 Å². The standard InChI is InChI=1S/C22H22N2O5S/c1-14(21(25)24-16-10-17(27-2)13-18(11-16)28-3)30-19-7-4-6-15(12-19)23-22(26)20-8-5-9-29-20/h4-14H,1-3H3,(H,23,26)(H,24,25). The van der Waals surface area contributed by atoms with Gasteiger partial charge in [-0.2, -0.15) is 0 Å². The van der Waals surface area contributed by atoms with Gasteiger partial charge in [0.1, 0.15) is 11.5 Å². The molecule has 0 aliphatic heterocycles. The number of ether oxygens (including phenoxy) is 2. The molecule has 2 amide bonds. The van der Waals surface area contributed by atoms with Crippen molar-refractivity contribution >= 4 is 35.0 Å². The summed E-state index contributed by atoms with van der Waals surface area (Å²) in [6, 6.07) is 15.7. The number of carbonyl (C=O) groups excluding carboxylic acids is 2. The number of methoxy groups -OCH3 is 2. The SMILES string of the molecule is COc1cc(NC(=O)C(C)Sc2cccc(NC(=O)c3ccco3)c2)cc(OC)c1. The predicted molar refractivity (Wildman–Crippen MR) is 117 cm³/mol. The van der Waals surface area contributed by atoms with Gasteiger partial charge in [-0.25, -0.2) is 0 Å². The predicted octanol–water partition coefficient (Wildman–Crippen LogP) is 4.67. The number of rotatable bonds is 8. The molecular formula is C22H22N2O5S. The number of anilines is 2. The minimum Gasteiger partial charge on any atom is -0.497 e. The van der Waals surface area contributed by atoms with Crippen LogP contribution in [0.25, 0.3) is 0 Å². The second-order valence-corrected chi connectivity index (χ2v) is 7.72. The monoisotopic (exact) mass is 426 g/mol. The van der Waals surface area contributed by atoms with Crippen LogP contribution in [0.3, 0.4) is 0 Å². The molecule has 3 aromatic rings. The first kappa shape index (κ1) is 21.3. The third-order valence-corrected chi connectivity index (χ3v) is 5.23. The van der Waals surface area contributed by atoms with E-state index in [4.69, 9.17) is 13.9 Å². The Hall–Kier alpha value is -3.39. The highest BCUT2D eigenvalue weighted by atomic mass is 32.2. The maximum atomic E-state index is 12.6. The smallest absolute Gasteiger partial charge is 0.291 e. The molecule has 3 rings (SSSR count). The fraction of sp³-hybridized carbons (Fsp3) is 0.182. The zero-order chi connectivity index (χ0) is 21.5. The van der Waals surface area contributed by atoms with Gasteiger partial charge < -0.3 is 24.5 Å². The summed E-state index contributed by atoms with van der Waals surface area (Å²) in [6.07, 6.45) is 1.44. The second-order valence-electron chi connectivity index (χ2n) is 6.31. The second kappa shape index (κ2) is 9.89. The molecule has 1 heterocycles. The normalized spacial score (nSPS) is 11.4. The zero-order valence-electron chi connectivity index (χ0n) is 16.8. The molecule has 0 saturated carbocycles. The molecule has 0 radical (unpaired) electrons. The van der Waals surface area contributed by atoms with Crippen LogP contribution in [0, 0.1) is 0 Å². The minimum atomic E-state index is -0.377. The number of thioether (sulfide) groups is 1. The number of carbonyl (C=O) groups is 2. The molecule has 8 heteroatoms. The first-order chi connectivity index (χ1) is 14.5. The van der Waals surface area contributed by atoms with E-state index in [-0.39, 0.29) is 22.8 Å². The maximum Gasteiger partial charge on any atom is 0.291 e. The number of furan rings is 1. The molecule has 0 spiro atoms. The van der Waals surface area contributed by atoms with Crippen molar-refractivity contribution in [2.24, 2.45) is 0 Å². The van der Waals surface area contributed by atoms with E-state index in [1.165, 1.54) is 18.0 Å². The minimum absolute atomic E-state index is 0.166. The third-order valence-electron chi connectivity index (χ3n) is 4.14. The molecule has 0 aliphatic carbocycles. The van der Waals surface area contributed by atoms with Gasteiger partial charge in [-0.1, -0.05) is 6.07 Å². The summed E-state index contributed by atoms with van der Waals surface area (Å²) in [4.78, 5) is 25.6. The topological polar surface area (TPSA) is 89.8 Å². The van der Waals surface area contributed by atoms with Crippen LogP contribution in [-0.2, 0) is 4.79 Å². The first-order valence-electron chi connectivity index (χ1n) is 9.14. The highest BCUT2D eigenvalue weighted by molar-refractivity contribution is 8.00. The molecule has 7 nitrogen and oxygen atoms in total. The van der Waals surface area contributed by atoms with E-state index in [0.717, 1.165) is 4.90 Å². The molecule has 0 saturated heterocycles. The van der Waals surface area contributed by atoms with Gasteiger partial charge in [-0.15, -0.1) is 11.8 Å². The van der Waals surface area contributed by atoms with Crippen molar-refractivity contribution in [2.75, 3.05) is 24.9 Å². The van der Waals surface area contributed by atoms with E-state index in [0.29, 0.717) is 22.9 Å². The number of amides is 2. The van der Waals surface area contributed by atoms with Crippen LogP contribution in [-0.4, -0.2) is 31.3 Å². The summed E-state index contributed by atoms with van der Waals surface area (Å²) in [7, 11) is 3.10. The van der Waals surface area contributed by atoms with Crippen molar-refractivity contribution in [1.29, 1.82) is 0 Å². The van der Waals surface area contributed by atoms with Gasteiger partial charge in [0.25, 0.3) is 5.91 Å². The fourth-order valence-corrected chi connectivity index (χ4v) is 3.56. The van der Waals surface area contributed by atoms with Crippen LogP contribution in [0.5, 0.6) is 11.5 Å². The first-order valence-corrected chi connectivity index (χ1v) is 10.0. The Labute approximate surface area is 178 Å². The average Bonchev–Trinajstić information content (AvgIpc) is 3.28. The molecular weight excluding hydrogens is 404 g/mol. The molecule has 2 aromatic carbocycles. The zero-order valence-corrected chi connectivity index (χ0v) is 17.6. The molecule has 1 atom stereocenters. The summed E-state index contributed by atoms with van der Waals surface area (Å²) in [6.45, 7) is 1.81. The molecule has 1 aromatic heterocycles. The van der Waals surface area contributed by atoms with E-state index in [9.17, 15) is 9.59 Å². The van der Waals surface area contributed by atoms with Crippen molar-refractivity contribution in [3.63, 3.8) is 0 Å². The quantitative estimate of drug-likeness (QED) is 0.509. The average molecular weight is 426 g/mol. The van der Waals surface area contributed by atoms with Crippen molar-refractivity contribution < 1.29 is 23.5 Å². The van der Waals surface area contributed by atoms with Crippen LogP contribution in [0.4, 0.5) is 11.4 Å². The Morgan fingerprint density at radius 1 is 0.933 bits per heavy atom. The third kappa shape index (κ3) is 5.57. The summed E-state index contributed by atoms with van der Waals surface area (Å²) in [5.41, 5.74) is 1.20. The van der Waals surface area contributed by atoms with Crippen LogP contribution in [0.2, 0.25) is 0 Å². The maximum absolute atomic E-state index is 12.6. The molecule has 0 aliphatic rings. The van der Waals surface area contributed by atoms with Crippen molar-refractivity contribution in [1.82, 2.24) is 0 Å². The van der Waals surface area contributed by atoms with E-state index in [2.05, 4.69) is 10.6 Å². The molecule has 0 fully saturated rings. The van der Waals surface area contributed by atoms with E-state index >= 15 is 0 Å². The highest BCUT2D eigenvalue weighted by Crippen LogP contribution is 2.29. The number of nitrogens with one attached hydrogen (secondary N) is 2. The molecule has 30 heavy (non-hydrogen) atoms. The highest BCUT2D eigenvalue weighted by Gasteiger charge is 2.16. The van der Waals surface area contributed by atoms with Gasteiger partial charge in [0.15, 0.2) is 5.76 Å². The van der Waals surface area contributed by atoms with Gasteiger partial charge in [-0.05, 0) is 37.3 Å². The number of hydrogen-bond donors (Lipinski definition) is 2. The number of hydrogen-bond acceptors (Lipinski definition) is 6. The van der Waals surface area contributed by atoms with Crippen LogP contribution >= 0.6 is 11.8 Å². The Kier molecular flexibility index (Phi) is 7.03. The Morgan fingerprint density at radius 3 is 2.30 bits per heavy atom. The fourth-order valence-electron chi connectivity index (χ4n) is 2.63. The lowest BCUT2D eigenvalue weighted by Crippen LogP contribution is -2.22. The Balaban J connectivity index is 1.63. The van der Waals surface area contributed by atoms with E-state index in [1.807, 2.05) is 25.1 Å². The summed E-state index contributed by atoms with van der Waals surface area (Å²) < 4.78 is 15.6. The molecule has 156 valence electrons.